The zero-order chi connectivity index (χ0) is 19.1. The fourth-order valence-electron chi connectivity index (χ4n) is 4.35. The predicted molar refractivity (Wildman–Crippen MR) is 105 cm³/mol. The van der Waals surface area contributed by atoms with E-state index in [2.05, 4.69) is 17.9 Å². The van der Waals surface area contributed by atoms with E-state index in [4.69, 9.17) is 9.47 Å². The molecule has 0 amide bonds. The molecule has 1 aliphatic carbocycles. The molecule has 3 rings (SSSR count). The third kappa shape index (κ3) is 5.02. The lowest BCUT2D eigenvalue weighted by molar-refractivity contribution is -0.163. The third-order valence-electron chi connectivity index (χ3n) is 6.09. The first-order chi connectivity index (χ1) is 13.1. The van der Waals surface area contributed by atoms with E-state index in [0.29, 0.717) is 37.8 Å². The van der Waals surface area contributed by atoms with E-state index in [1.165, 1.54) is 38.5 Å². The van der Waals surface area contributed by atoms with Crippen molar-refractivity contribution in [1.82, 2.24) is 4.90 Å². The van der Waals surface area contributed by atoms with Gasteiger partial charge in [-0.15, -0.1) is 0 Å². The summed E-state index contributed by atoms with van der Waals surface area (Å²) < 4.78 is 11.6. The first kappa shape index (κ1) is 20.2. The van der Waals surface area contributed by atoms with Crippen LogP contribution in [0.15, 0.2) is 24.3 Å². The summed E-state index contributed by atoms with van der Waals surface area (Å²) >= 11 is 0. The van der Waals surface area contributed by atoms with E-state index in [1.54, 1.807) is 0 Å². The Hall–Kier alpha value is -1.59. The summed E-state index contributed by atoms with van der Waals surface area (Å²) in [5, 5.41) is 9.81. The highest BCUT2D eigenvalue weighted by Gasteiger charge is 2.43. The van der Waals surface area contributed by atoms with Gasteiger partial charge in [-0.25, -0.2) is 4.79 Å². The maximum atomic E-state index is 12.0. The Kier molecular flexibility index (Phi) is 7.13. The summed E-state index contributed by atoms with van der Waals surface area (Å²) in [4.78, 5) is 14.5. The van der Waals surface area contributed by atoms with E-state index in [9.17, 15) is 9.90 Å². The van der Waals surface area contributed by atoms with Crippen molar-refractivity contribution in [3.05, 3.63) is 29.8 Å². The highest BCUT2D eigenvalue weighted by molar-refractivity contribution is 5.78. The average Bonchev–Trinajstić information content (AvgIpc) is 2.97. The molecule has 5 heteroatoms. The summed E-state index contributed by atoms with van der Waals surface area (Å²) in [6.45, 7) is 4.88. The van der Waals surface area contributed by atoms with Crippen molar-refractivity contribution in [3.63, 3.8) is 0 Å². The van der Waals surface area contributed by atoms with E-state index in [-0.39, 0.29) is 0 Å². The van der Waals surface area contributed by atoms with Gasteiger partial charge in [-0.2, -0.15) is 0 Å². The number of aliphatic carboxylic acids is 1. The Bertz CT molecular complexity index is 604. The Morgan fingerprint density at radius 2 is 1.85 bits per heavy atom. The molecule has 1 heterocycles. The number of rotatable bonds is 7. The second-order valence-electron chi connectivity index (χ2n) is 7.83. The van der Waals surface area contributed by atoms with Crippen LogP contribution in [0.25, 0.3) is 0 Å². The molecule has 0 unspecified atom stereocenters. The van der Waals surface area contributed by atoms with Crippen molar-refractivity contribution in [1.29, 1.82) is 0 Å². The average molecular weight is 376 g/mol. The van der Waals surface area contributed by atoms with Gasteiger partial charge >= 0.3 is 5.97 Å². The second-order valence-corrected chi connectivity index (χ2v) is 7.83. The molecule has 1 aromatic carbocycles. The highest BCUT2D eigenvalue weighted by atomic mass is 16.5. The lowest BCUT2D eigenvalue weighted by Gasteiger charge is -2.35. The summed E-state index contributed by atoms with van der Waals surface area (Å²) in [5.74, 6) is -0.189. The van der Waals surface area contributed by atoms with Gasteiger partial charge < -0.3 is 14.6 Å². The number of para-hydroxylation sites is 1. The molecule has 1 aromatic rings. The number of carboxylic acids is 1. The standard InChI is InChI=1S/C22H33NO4/c1-2-23(19-10-5-3-4-6-11-19)17-18-9-7-8-12-20(18)27-22(21(24)25)13-15-26-16-14-22/h7-9,12,19H,2-6,10-11,13-17H2,1H3,(H,24,25). The molecule has 150 valence electrons. The van der Waals surface area contributed by atoms with Crippen LogP contribution in [0.4, 0.5) is 0 Å². The maximum Gasteiger partial charge on any atom is 0.348 e. The molecule has 0 radical (unpaired) electrons. The smallest absolute Gasteiger partial charge is 0.348 e. The van der Waals surface area contributed by atoms with E-state index < -0.39 is 11.6 Å². The molecule has 2 aliphatic rings. The zero-order valence-electron chi connectivity index (χ0n) is 16.5. The van der Waals surface area contributed by atoms with Gasteiger partial charge in [0.1, 0.15) is 5.75 Å². The Balaban J connectivity index is 1.77. The van der Waals surface area contributed by atoms with Gasteiger partial charge in [-0.1, -0.05) is 50.8 Å². The van der Waals surface area contributed by atoms with Gasteiger partial charge in [0.2, 0.25) is 5.60 Å². The Morgan fingerprint density at radius 1 is 1.19 bits per heavy atom. The number of nitrogens with zero attached hydrogens (tertiary/aromatic N) is 1. The van der Waals surface area contributed by atoms with Crippen LogP contribution in [0.5, 0.6) is 5.75 Å². The lowest BCUT2D eigenvalue weighted by Crippen LogP contribution is -2.49. The quantitative estimate of drug-likeness (QED) is 0.722. The monoisotopic (exact) mass is 375 g/mol. The maximum absolute atomic E-state index is 12.0. The van der Waals surface area contributed by atoms with E-state index in [1.807, 2.05) is 18.2 Å². The Labute approximate surface area is 162 Å². The van der Waals surface area contributed by atoms with Crippen LogP contribution in [0.2, 0.25) is 0 Å². The van der Waals surface area contributed by atoms with Crippen molar-refractivity contribution in [2.75, 3.05) is 19.8 Å². The molecule has 2 fully saturated rings. The summed E-state index contributed by atoms with van der Waals surface area (Å²) in [7, 11) is 0. The van der Waals surface area contributed by atoms with Crippen LogP contribution in [0.1, 0.15) is 63.9 Å². The molecule has 27 heavy (non-hydrogen) atoms. The number of hydrogen-bond donors (Lipinski definition) is 1. The van der Waals surface area contributed by atoms with Crippen molar-refractivity contribution >= 4 is 5.97 Å². The minimum absolute atomic E-state index is 0.386. The summed E-state index contributed by atoms with van der Waals surface area (Å²) in [5.41, 5.74) is -0.0935. The van der Waals surface area contributed by atoms with Gasteiger partial charge in [-0.3, -0.25) is 4.90 Å². The number of hydrogen-bond acceptors (Lipinski definition) is 4. The third-order valence-corrected chi connectivity index (χ3v) is 6.09. The first-order valence-electron chi connectivity index (χ1n) is 10.5. The fraction of sp³-hybridized carbons (Fsp3) is 0.682. The zero-order valence-corrected chi connectivity index (χ0v) is 16.5. The van der Waals surface area contributed by atoms with Crippen LogP contribution in [-0.2, 0) is 16.1 Å². The molecule has 1 N–H and O–H groups in total. The van der Waals surface area contributed by atoms with Gasteiger partial charge in [-0.05, 0) is 25.5 Å². The molecule has 1 saturated heterocycles. The summed E-state index contributed by atoms with van der Waals surface area (Å²) in [6.07, 6.45) is 8.59. The van der Waals surface area contributed by atoms with Crippen LogP contribution in [-0.4, -0.2) is 47.4 Å². The minimum Gasteiger partial charge on any atom is -0.478 e. The molecule has 0 aromatic heterocycles. The van der Waals surface area contributed by atoms with Crippen molar-refractivity contribution in [2.45, 2.75) is 76.5 Å². The molecule has 0 spiro atoms. The number of carboxylic acid groups (broad SMARTS) is 1. The van der Waals surface area contributed by atoms with Gasteiger partial charge in [0.15, 0.2) is 0 Å². The largest absolute Gasteiger partial charge is 0.478 e. The van der Waals surface area contributed by atoms with Gasteiger partial charge in [0.25, 0.3) is 0 Å². The SMILES string of the molecule is CCN(Cc1ccccc1OC1(C(=O)O)CCOCC1)C1CCCCCC1. The molecule has 1 aliphatic heterocycles. The minimum atomic E-state index is -1.17. The van der Waals surface area contributed by atoms with Crippen LogP contribution in [0.3, 0.4) is 0 Å². The van der Waals surface area contributed by atoms with Crippen LogP contribution in [0, 0.1) is 0 Å². The van der Waals surface area contributed by atoms with Crippen molar-refractivity contribution in [2.24, 2.45) is 0 Å². The molecule has 0 atom stereocenters. The molecule has 1 saturated carbocycles. The van der Waals surface area contributed by atoms with Crippen molar-refractivity contribution < 1.29 is 19.4 Å². The van der Waals surface area contributed by atoms with Crippen molar-refractivity contribution in [3.8, 4) is 5.75 Å². The van der Waals surface area contributed by atoms with Crippen LogP contribution >= 0.6 is 0 Å². The predicted octanol–water partition coefficient (Wildman–Crippen LogP) is 4.24. The number of ether oxygens (including phenoxy) is 2. The molecule has 5 nitrogen and oxygen atoms in total. The summed E-state index contributed by atoms with van der Waals surface area (Å²) in [6, 6.07) is 8.54. The lowest BCUT2D eigenvalue weighted by atomic mass is 9.94. The van der Waals surface area contributed by atoms with Gasteiger partial charge in [0.05, 0.1) is 13.2 Å². The van der Waals surface area contributed by atoms with Gasteiger partial charge in [0, 0.05) is 31.0 Å². The fourth-order valence-corrected chi connectivity index (χ4v) is 4.35. The van der Waals surface area contributed by atoms with E-state index >= 15 is 0 Å². The van der Waals surface area contributed by atoms with E-state index in [0.717, 1.165) is 18.7 Å². The number of benzene rings is 1. The normalized spacial score (nSPS) is 21.0. The first-order valence-corrected chi connectivity index (χ1v) is 10.5. The Morgan fingerprint density at radius 3 is 2.48 bits per heavy atom. The topological polar surface area (TPSA) is 59.0 Å². The second kappa shape index (κ2) is 9.56. The highest BCUT2D eigenvalue weighted by Crippen LogP contribution is 2.32. The molecule has 0 bridgehead atoms. The molecular formula is C22H33NO4. The molecular weight excluding hydrogens is 342 g/mol. The van der Waals surface area contributed by atoms with Crippen LogP contribution < -0.4 is 4.74 Å². The number of carbonyl (C=O) groups is 1.